The Hall–Kier alpha value is -1.91. The van der Waals surface area contributed by atoms with Crippen LogP contribution in [0.4, 0.5) is 5.69 Å². The number of nitro benzene ring substituents is 1. The van der Waals surface area contributed by atoms with Gasteiger partial charge in [-0.3, -0.25) is 15.5 Å². The molecule has 1 fully saturated rings. The molecule has 0 aromatic heterocycles. The highest BCUT2D eigenvalue weighted by molar-refractivity contribution is 5.98. The Bertz CT molecular complexity index is 465. The average molecular weight is 233 g/mol. The number of non-ortho nitro benzene ring substituents is 1. The van der Waals surface area contributed by atoms with Crippen molar-refractivity contribution in [1.82, 2.24) is 4.90 Å². The van der Waals surface area contributed by atoms with E-state index in [4.69, 9.17) is 5.41 Å². The fourth-order valence-electron chi connectivity index (χ4n) is 2.09. The topological polar surface area (TPSA) is 70.2 Å². The van der Waals surface area contributed by atoms with Crippen LogP contribution in [0.15, 0.2) is 18.2 Å². The Morgan fingerprint density at radius 2 is 2.06 bits per heavy atom. The number of amidine groups is 1. The lowest BCUT2D eigenvalue weighted by Crippen LogP contribution is -2.28. The summed E-state index contributed by atoms with van der Waals surface area (Å²) in [5.74, 6) is 0.406. The predicted molar refractivity (Wildman–Crippen MR) is 65.5 cm³/mol. The summed E-state index contributed by atoms with van der Waals surface area (Å²) in [6, 6.07) is 4.68. The number of aryl methyl sites for hydroxylation is 1. The number of rotatable bonds is 2. The van der Waals surface area contributed by atoms with Gasteiger partial charge in [-0.15, -0.1) is 0 Å². The highest BCUT2D eigenvalue weighted by Crippen LogP contribution is 2.20. The summed E-state index contributed by atoms with van der Waals surface area (Å²) in [6.45, 7) is 3.63. The third-order valence-corrected chi connectivity index (χ3v) is 3.11. The Labute approximate surface area is 99.7 Å². The third-order valence-electron chi connectivity index (χ3n) is 3.11. The van der Waals surface area contributed by atoms with Crippen molar-refractivity contribution in [3.8, 4) is 0 Å². The molecule has 1 heterocycles. The molecule has 1 aromatic carbocycles. The van der Waals surface area contributed by atoms with Crippen molar-refractivity contribution in [3.63, 3.8) is 0 Å². The van der Waals surface area contributed by atoms with Crippen LogP contribution in [-0.2, 0) is 0 Å². The van der Waals surface area contributed by atoms with E-state index in [-0.39, 0.29) is 5.69 Å². The van der Waals surface area contributed by atoms with Crippen LogP contribution in [0.3, 0.4) is 0 Å². The summed E-state index contributed by atoms with van der Waals surface area (Å²) >= 11 is 0. The molecule has 1 aliphatic heterocycles. The number of likely N-dealkylation sites (tertiary alicyclic amines) is 1. The van der Waals surface area contributed by atoms with Gasteiger partial charge in [0.15, 0.2) is 0 Å². The minimum absolute atomic E-state index is 0.0505. The largest absolute Gasteiger partial charge is 0.357 e. The van der Waals surface area contributed by atoms with E-state index in [0.717, 1.165) is 31.5 Å². The second-order valence-electron chi connectivity index (χ2n) is 4.30. The summed E-state index contributed by atoms with van der Waals surface area (Å²) in [7, 11) is 0. The van der Waals surface area contributed by atoms with Gasteiger partial charge in [0.05, 0.1) is 4.92 Å². The maximum absolute atomic E-state index is 10.7. The Balaban J connectivity index is 2.32. The van der Waals surface area contributed by atoms with Crippen molar-refractivity contribution in [2.24, 2.45) is 0 Å². The van der Waals surface area contributed by atoms with Gasteiger partial charge >= 0.3 is 0 Å². The normalized spacial score (nSPS) is 15.0. The van der Waals surface area contributed by atoms with Gasteiger partial charge in [-0.05, 0) is 25.3 Å². The second kappa shape index (κ2) is 4.53. The van der Waals surface area contributed by atoms with Crippen LogP contribution in [0.5, 0.6) is 0 Å². The monoisotopic (exact) mass is 233 g/mol. The maximum Gasteiger partial charge on any atom is 0.270 e. The first kappa shape index (κ1) is 11.6. The van der Waals surface area contributed by atoms with Crippen molar-refractivity contribution in [3.05, 3.63) is 39.4 Å². The minimum atomic E-state index is -0.416. The van der Waals surface area contributed by atoms with Crippen LogP contribution in [0.1, 0.15) is 24.0 Å². The smallest absolute Gasteiger partial charge is 0.270 e. The van der Waals surface area contributed by atoms with Gasteiger partial charge in [-0.2, -0.15) is 0 Å². The Morgan fingerprint density at radius 3 is 2.65 bits per heavy atom. The molecule has 0 amide bonds. The van der Waals surface area contributed by atoms with Crippen molar-refractivity contribution in [2.45, 2.75) is 19.8 Å². The highest BCUT2D eigenvalue weighted by atomic mass is 16.6. The van der Waals surface area contributed by atoms with Crippen molar-refractivity contribution < 1.29 is 4.92 Å². The third kappa shape index (κ3) is 2.27. The van der Waals surface area contributed by atoms with Crippen molar-refractivity contribution in [2.75, 3.05) is 13.1 Å². The van der Waals surface area contributed by atoms with E-state index in [1.54, 1.807) is 6.07 Å². The molecule has 0 spiro atoms. The number of hydrogen-bond donors (Lipinski definition) is 1. The second-order valence-corrected chi connectivity index (χ2v) is 4.30. The van der Waals surface area contributed by atoms with Crippen LogP contribution in [0, 0.1) is 22.4 Å². The summed E-state index contributed by atoms with van der Waals surface area (Å²) in [4.78, 5) is 12.3. The van der Waals surface area contributed by atoms with Crippen LogP contribution in [-0.4, -0.2) is 28.7 Å². The van der Waals surface area contributed by atoms with Crippen molar-refractivity contribution >= 4 is 11.5 Å². The maximum atomic E-state index is 10.7. The first-order valence-corrected chi connectivity index (χ1v) is 5.68. The van der Waals surface area contributed by atoms with E-state index in [9.17, 15) is 10.1 Å². The fourth-order valence-corrected chi connectivity index (χ4v) is 2.09. The van der Waals surface area contributed by atoms with Gasteiger partial charge < -0.3 is 4.90 Å². The Morgan fingerprint density at radius 1 is 1.41 bits per heavy atom. The molecule has 0 radical (unpaired) electrons. The number of nitro groups is 1. The molecule has 1 aliphatic rings. The molecule has 0 saturated carbocycles. The average Bonchev–Trinajstić information content (AvgIpc) is 2.81. The van der Waals surface area contributed by atoms with Crippen LogP contribution in [0.25, 0.3) is 0 Å². The van der Waals surface area contributed by atoms with Gasteiger partial charge in [0.2, 0.25) is 0 Å². The molecule has 5 nitrogen and oxygen atoms in total. The van der Waals surface area contributed by atoms with E-state index >= 15 is 0 Å². The molecule has 0 aliphatic carbocycles. The number of nitrogens with zero attached hydrogens (tertiary/aromatic N) is 2. The number of nitrogens with one attached hydrogen (secondary N) is 1. The molecule has 2 rings (SSSR count). The zero-order valence-electron chi connectivity index (χ0n) is 9.77. The lowest BCUT2D eigenvalue weighted by Gasteiger charge is -2.19. The number of benzene rings is 1. The molecule has 17 heavy (non-hydrogen) atoms. The zero-order valence-corrected chi connectivity index (χ0v) is 9.77. The molecular formula is C12H15N3O2. The molecule has 0 atom stereocenters. The van der Waals surface area contributed by atoms with E-state index < -0.39 is 4.92 Å². The van der Waals surface area contributed by atoms with Crippen molar-refractivity contribution in [1.29, 1.82) is 5.41 Å². The summed E-state index contributed by atoms with van der Waals surface area (Å²) in [6.07, 6.45) is 2.19. The quantitative estimate of drug-likeness (QED) is 0.369. The zero-order chi connectivity index (χ0) is 12.4. The van der Waals surface area contributed by atoms with Crippen LogP contribution < -0.4 is 0 Å². The molecule has 0 unspecified atom stereocenters. The fraction of sp³-hybridized carbons (Fsp3) is 0.417. The minimum Gasteiger partial charge on any atom is -0.357 e. The lowest BCUT2D eigenvalue weighted by molar-refractivity contribution is -0.384. The summed E-state index contributed by atoms with van der Waals surface area (Å²) in [5.41, 5.74) is 1.63. The van der Waals surface area contributed by atoms with E-state index in [2.05, 4.69) is 0 Å². The van der Waals surface area contributed by atoms with Gasteiger partial charge in [-0.1, -0.05) is 6.07 Å². The lowest BCUT2D eigenvalue weighted by atomic mass is 10.1. The number of hydrogen-bond acceptors (Lipinski definition) is 3. The Kier molecular flexibility index (Phi) is 3.08. The summed E-state index contributed by atoms with van der Waals surface area (Å²) in [5, 5.41) is 18.8. The molecular weight excluding hydrogens is 218 g/mol. The molecule has 1 saturated heterocycles. The SMILES string of the molecule is Cc1ccc([N+](=O)[O-])cc1C(=N)N1CCCC1. The van der Waals surface area contributed by atoms with Gasteiger partial charge in [0.1, 0.15) is 5.84 Å². The highest BCUT2D eigenvalue weighted by Gasteiger charge is 2.19. The van der Waals surface area contributed by atoms with Crippen LogP contribution >= 0.6 is 0 Å². The first-order chi connectivity index (χ1) is 8.09. The van der Waals surface area contributed by atoms with E-state index in [1.807, 2.05) is 11.8 Å². The standard InChI is InChI=1S/C12H15N3O2/c1-9-4-5-10(15(16)17)8-11(9)12(13)14-6-2-3-7-14/h4-5,8,13H,2-3,6-7H2,1H3. The first-order valence-electron chi connectivity index (χ1n) is 5.68. The molecule has 90 valence electrons. The molecule has 0 bridgehead atoms. The molecule has 5 heteroatoms. The summed E-state index contributed by atoms with van der Waals surface area (Å²) < 4.78 is 0. The van der Waals surface area contributed by atoms with Crippen LogP contribution in [0.2, 0.25) is 0 Å². The van der Waals surface area contributed by atoms with E-state index in [1.165, 1.54) is 12.1 Å². The van der Waals surface area contributed by atoms with E-state index in [0.29, 0.717) is 11.4 Å². The van der Waals surface area contributed by atoms with Gasteiger partial charge in [-0.25, -0.2) is 0 Å². The van der Waals surface area contributed by atoms with Gasteiger partial charge in [0, 0.05) is 30.8 Å². The predicted octanol–water partition coefficient (Wildman–Crippen LogP) is 2.32. The van der Waals surface area contributed by atoms with Gasteiger partial charge in [0.25, 0.3) is 5.69 Å². The molecule has 1 aromatic rings. The molecule has 1 N–H and O–H groups in total.